The van der Waals surface area contributed by atoms with Crippen LogP contribution in [0.5, 0.6) is 0 Å². The van der Waals surface area contributed by atoms with Crippen LogP contribution in [0.25, 0.3) is 22.1 Å². The average molecular weight is 814 g/mol. The molecular formula is C46H58F3N7O3. The summed E-state index contributed by atoms with van der Waals surface area (Å²) in [6.07, 6.45) is 4.01. The topological polar surface area (TPSA) is 116 Å². The molecule has 0 spiro atoms. The van der Waals surface area contributed by atoms with E-state index in [0.29, 0.717) is 53.0 Å². The summed E-state index contributed by atoms with van der Waals surface area (Å²) in [6, 6.07) is 12.8. The van der Waals surface area contributed by atoms with E-state index in [2.05, 4.69) is 34.0 Å². The molecule has 0 fully saturated rings. The number of nitrogens with one attached hydrogen (secondary N) is 2. The highest BCUT2D eigenvalue weighted by molar-refractivity contribution is 5.87. The molecule has 5 aromatic rings. The number of amides is 2. The standard InChI is InChI=1S/C46H58F3N7O3/c1-27(2)37-23-31-16-17-35-29(5)51-42(57)44(7,8)59-22-18-34(46(48,49)26-56(37)40(31)53-35)32-24-36-30(6)52-43(58)45(47,39-15-11-13-20-50-39)19-12-9-10-14-21-55-38(28(3)4)25-33(32)41(55)54-36/h11,13,15-17,20,23-25,27-30,34H,9-10,12,14,18-19,21-22,26H2,1-8H3,(H,51,57)(H,52,58). The first kappa shape index (κ1) is 42.3. The molecular weight excluding hydrogens is 756 g/mol. The van der Waals surface area contributed by atoms with Gasteiger partial charge >= 0.3 is 0 Å². The van der Waals surface area contributed by atoms with E-state index in [9.17, 15) is 9.59 Å². The first-order chi connectivity index (χ1) is 27.9. The number of hydrogen-bond acceptors (Lipinski definition) is 6. The zero-order valence-electron chi connectivity index (χ0n) is 35.5. The van der Waals surface area contributed by atoms with E-state index in [1.54, 1.807) is 43.5 Å². The van der Waals surface area contributed by atoms with Crippen molar-refractivity contribution in [2.45, 2.75) is 154 Å². The third kappa shape index (κ3) is 8.23. The van der Waals surface area contributed by atoms with Crippen molar-refractivity contribution < 1.29 is 27.5 Å². The van der Waals surface area contributed by atoms with Crippen molar-refractivity contribution in [3.8, 4) is 0 Å². The summed E-state index contributed by atoms with van der Waals surface area (Å²) in [5, 5.41) is 7.22. The van der Waals surface area contributed by atoms with Crippen LogP contribution in [-0.2, 0) is 33.1 Å². The van der Waals surface area contributed by atoms with Gasteiger partial charge in [0.15, 0.2) is 0 Å². The molecule has 13 heteroatoms. The second-order valence-electron chi connectivity index (χ2n) is 17.7. The summed E-state index contributed by atoms with van der Waals surface area (Å²) in [7, 11) is 0. The quantitative estimate of drug-likeness (QED) is 0.187. The second-order valence-corrected chi connectivity index (χ2v) is 17.7. The van der Waals surface area contributed by atoms with Crippen molar-refractivity contribution in [3.63, 3.8) is 0 Å². The number of nitrogens with zero attached hydrogens (tertiary/aromatic N) is 5. The van der Waals surface area contributed by atoms with E-state index in [1.165, 1.54) is 12.3 Å². The molecule has 0 saturated heterocycles. The molecule has 2 aliphatic rings. The van der Waals surface area contributed by atoms with Gasteiger partial charge in [-0.05, 0) is 113 Å². The molecule has 7 rings (SSSR count). The molecule has 316 valence electrons. The number of aromatic nitrogens is 5. The van der Waals surface area contributed by atoms with Crippen LogP contribution in [0.3, 0.4) is 0 Å². The predicted octanol–water partition coefficient (Wildman–Crippen LogP) is 9.83. The number of rotatable bonds is 4. The summed E-state index contributed by atoms with van der Waals surface area (Å²) in [5.74, 6) is -6.08. The number of carbonyl (C=O) groups excluding carboxylic acids is 2. The maximum absolute atomic E-state index is 17.9. The predicted molar refractivity (Wildman–Crippen MR) is 223 cm³/mol. The Morgan fingerprint density at radius 1 is 0.797 bits per heavy atom. The molecule has 2 N–H and O–H groups in total. The van der Waals surface area contributed by atoms with Crippen LogP contribution in [0.15, 0.2) is 54.7 Å². The van der Waals surface area contributed by atoms with Gasteiger partial charge in [0.05, 0.1) is 41.6 Å². The summed E-state index contributed by atoms with van der Waals surface area (Å²) >= 11 is 0. The monoisotopic (exact) mass is 813 g/mol. The lowest BCUT2D eigenvalue weighted by Gasteiger charge is -2.32. The molecule has 2 aliphatic heterocycles. The SMILES string of the molecule is CC(C)c1cc2ccc3nc2n1CC(F)(F)C(c1cc2nc4c1cc(C(C)C)n4CCCCCCC(F)(c1ccccn1)C(=O)NC2C)CCOC(C)(C)C(=O)NC3C. The van der Waals surface area contributed by atoms with Gasteiger partial charge in [-0.25, -0.2) is 23.1 Å². The molecule has 4 bridgehead atoms. The van der Waals surface area contributed by atoms with E-state index >= 15 is 13.2 Å². The van der Waals surface area contributed by atoms with Crippen molar-refractivity contribution in [2.24, 2.45) is 0 Å². The van der Waals surface area contributed by atoms with Crippen LogP contribution < -0.4 is 10.6 Å². The molecule has 0 aromatic carbocycles. The lowest BCUT2D eigenvalue weighted by Crippen LogP contribution is -2.46. The number of fused-ring (bicyclic) bond motifs is 2. The summed E-state index contributed by atoms with van der Waals surface area (Å²) < 4.78 is 62.7. The Kier molecular flexibility index (Phi) is 11.7. The Labute approximate surface area is 344 Å². The van der Waals surface area contributed by atoms with Gasteiger partial charge in [0.1, 0.15) is 16.9 Å². The Balaban J connectivity index is 1.42. The van der Waals surface area contributed by atoms with Gasteiger partial charge in [-0.3, -0.25) is 14.6 Å². The van der Waals surface area contributed by atoms with Gasteiger partial charge in [0, 0.05) is 41.5 Å². The largest absolute Gasteiger partial charge is 0.366 e. The summed E-state index contributed by atoms with van der Waals surface area (Å²) in [5.41, 5.74) is 0.183. The fourth-order valence-corrected chi connectivity index (χ4v) is 8.74. The van der Waals surface area contributed by atoms with Gasteiger partial charge in [-0.1, -0.05) is 46.6 Å². The van der Waals surface area contributed by atoms with Crippen LogP contribution in [0.2, 0.25) is 0 Å². The molecule has 2 amide bonds. The van der Waals surface area contributed by atoms with E-state index < -0.39 is 47.6 Å². The fourth-order valence-electron chi connectivity index (χ4n) is 8.74. The molecule has 0 radical (unpaired) electrons. The Hall–Kier alpha value is -4.78. The number of ether oxygens (including phenoxy) is 1. The minimum absolute atomic E-state index is 0.0293. The van der Waals surface area contributed by atoms with Crippen LogP contribution >= 0.6 is 0 Å². The molecule has 4 unspecified atom stereocenters. The van der Waals surface area contributed by atoms with Gasteiger partial charge in [0.25, 0.3) is 17.7 Å². The van der Waals surface area contributed by atoms with Gasteiger partial charge < -0.3 is 24.5 Å². The molecule has 4 atom stereocenters. The van der Waals surface area contributed by atoms with Crippen molar-refractivity contribution in [3.05, 3.63) is 88.8 Å². The normalized spacial score (nSPS) is 24.7. The van der Waals surface area contributed by atoms with E-state index in [0.717, 1.165) is 29.6 Å². The van der Waals surface area contributed by atoms with Gasteiger partial charge in [0.2, 0.25) is 5.67 Å². The van der Waals surface area contributed by atoms with E-state index in [-0.39, 0.29) is 42.9 Å². The molecule has 0 aliphatic carbocycles. The zero-order chi connectivity index (χ0) is 42.4. The van der Waals surface area contributed by atoms with Gasteiger partial charge in [-0.15, -0.1) is 0 Å². The Morgan fingerprint density at radius 2 is 1.47 bits per heavy atom. The maximum Gasteiger partial charge on any atom is 0.272 e. The minimum atomic E-state index is -3.38. The third-order valence-electron chi connectivity index (χ3n) is 12.3. The Morgan fingerprint density at radius 3 is 2.19 bits per heavy atom. The second kappa shape index (κ2) is 16.3. The van der Waals surface area contributed by atoms with E-state index in [4.69, 9.17) is 14.7 Å². The zero-order valence-corrected chi connectivity index (χ0v) is 35.5. The number of carbonyl (C=O) groups is 2. The number of pyridine rings is 3. The molecule has 59 heavy (non-hydrogen) atoms. The highest BCUT2D eigenvalue weighted by atomic mass is 19.3. The molecule has 5 aromatic heterocycles. The van der Waals surface area contributed by atoms with Crippen molar-refractivity contribution in [2.75, 3.05) is 6.61 Å². The highest BCUT2D eigenvalue weighted by Gasteiger charge is 2.45. The van der Waals surface area contributed by atoms with Gasteiger partial charge in [-0.2, -0.15) is 0 Å². The average Bonchev–Trinajstić information content (AvgIpc) is 3.75. The molecule has 0 saturated carbocycles. The lowest BCUT2D eigenvalue weighted by atomic mass is 9.86. The number of hydrogen-bond donors (Lipinski definition) is 2. The number of halogens is 3. The molecule has 10 nitrogen and oxygen atoms in total. The van der Waals surface area contributed by atoms with Crippen LogP contribution in [-0.4, -0.2) is 54.0 Å². The third-order valence-corrected chi connectivity index (χ3v) is 12.3. The Bertz CT molecular complexity index is 2340. The first-order valence-electron chi connectivity index (χ1n) is 21.2. The van der Waals surface area contributed by atoms with Crippen LogP contribution in [0.4, 0.5) is 13.2 Å². The highest BCUT2D eigenvalue weighted by Crippen LogP contribution is 2.44. The first-order valence-corrected chi connectivity index (χ1v) is 21.2. The maximum atomic E-state index is 17.9. The minimum Gasteiger partial charge on any atom is -0.366 e. The van der Waals surface area contributed by atoms with Crippen molar-refractivity contribution in [1.82, 2.24) is 34.7 Å². The fraction of sp³-hybridized carbons (Fsp3) is 0.543. The van der Waals surface area contributed by atoms with Crippen LogP contribution in [0.1, 0.15) is 158 Å². The number of aryl methyl sites for hydroxylation is 1. The van der Waals surface area contributed by atoms with Crippen LogP contribution in [0, 0.1) is 0 Å². The van der Waals surface area contributed by atoms with E-state index in [1.807, 2.05) is 45.0 Å². The summed E-state index contributed by atoms with van der Waals surface area (Å²) in [6.45, 7) is 14.7. The number of alkyl halides is 3. The van der Waals surface area contributed by atoms with Crippen molar-refractivity contribution in [1.29, 1.82) is 0 Å². The van der Waals surface area contributed by atoms with Crippen molar-refractivity contribution >= 4 is 33.9 Å². The smallest absolute Gasteiger partial charge is 0.272 e. The lowest BCUT2D eigenvalue weighted by molar-refractivity contribution is -0.144. The summed E-state index contributed by atoms with van der Waals surface area (Å²) in [4.78, 5) is 41.9. The molecule has 7 heterocycles.